The molecule has 5 aromatic carbocycles. The van der Waals surface area contributed by atoms with E-state index in [-0.39, 0.29) is 0 Å². The van der Waals surface area contributed by atoms with E-state index in [1.54, 1.807) is 6.20 Å². The monoisotopic (exact) mass is 591 g/mol. The topological polar surface area (TPSA) is 49.2 Å². The van der Waals surface area contributed by atoms with Gasteiger partial charge in [-0.15, -0.1) is 0 Å². The van der Waals surface area contributed by atoms with Crippen LogP contribution in [0.2, 0.25) is 0 Å². The van der Waals surface area contributed by atoms with Crippen molar-refractivity contribution in [3.8, 4) is 39.8 Å². The van der Waals surface area contributed by atoms with Crippen LogP contribution in [0.3, 0.4) is 0 Å². The molecule has 0 amide bonds. The number of aromatic nitrogens is 3. The van der Waals surface area contributed by atoms with Gasteiger partial charge in [0.15, 0.2) is 0 Å². The Labute approximate surface area is 265 Å². The third-order valence-corrected chi connectivity index (χ3v) is 9.46. The van der Waals surface area contributed by atoms with Crippen molar-refractivity contribution in [2.75, 3.05) is 0 Å². The SMILES string of the molecule is c1cncc(-c2ccc3c(c2)Oc2ccccc2C32c3ccccc3Oc3cc(-n4c5ccccc5c5cccnc54)ccc32)c1. The van der Waals surface area contributed by atoms with Gasteiger partial charge in [0.1, 0.15) is 28.6 Å². The largest absolute Gasteiger partial charge is 0.457 e. The summed E-state index contributed by atoms with van der Waals surface area (Å²) in [5.41, 5.74) is 8.74. The Morgan fingerprint density at radius 2 is 1.15 bits per heavy atom. The maximum Gasteiger partial charge on any atom is 0.145 e. The van der Waals surface area contributed by atoms with Gasteiger partial charge in [-0.1, -0.05) is 78.9 Å². The smallest absolute Gasteiger partial charge is 0.145 e. The van der Waals surface area contributed by atoms with E-state index in [1.807, 2.05) is 36.7 Å². The lowest BCUT2D eigenvalue weighted by molar-refractivity contribution is 0.399. The first-order chi connectivity index (χ1) is 22.8. The molecule has 1 spiro atoms. The van der Waals surface area contributed by atoms with Crippen LogP contribution in [0.4, 0.5) is 0 Å². The summed E-state index contributed by atoms with van der Waals surface area (Å²) in [6, 6.07) is 46.5. The number of ether oxygens (including phenoxy) is 2. The highest BCUT2D eigenvalue weighted by Crippen LogP contribution is 2.61. The van der Waals surface area contributed by atoms with Crippen LogP contribution in [0.5, 0.6) is 23.0 Å². The molecule has 0 bridgehead atoms. The predicted molar refractivity (Wildman–Crippen MR) is 180 cm³/mol. The van der Waals surface area contributed by atoms with Crippen molar-refractivity contribution in [3.63, 3.8) is 0 Å². The van der Waals surface area contributed by atoms with Gasteiger partial charge >= 0.3 is 0 Å². The maximum absolute atomic E-state index is 6.81. The third-order valence-electron chi connectivity index (χ3n) is 9.46. The van der Waals surface area contributed by atoms with E-state index < -0.39 is 5.41 Å². The van der Waals surface area contributed by atoms with Gasteiger partial charge in [-0.05, 0) is 54.1 Å². The molecule has 0 aliphatic carbocycles. The molecule has 8 aromatic rings. The normalized spacial score (nSPS) is 15.8. The first-order valence-electron chi connectivity index (χ1n) is 15.4. The molecule has 0 fully saturated rings. The van der Waals surface area contributed by atoms with Gasteiger partial charge in [-0.3, -0.25) is 9.55 Å². The van der Waals surface area contributed by atoms with Crippen molar-refractivity contribution < 1.29 is 9.47 Å². The predicted octanol–water partition coefficient (Wildman–Crippen LogP) is 9.83. The summed E-state index contributed by atoms with van der Waals surface area (Å²) in [6.45, 7) is 0. The second kappa shape index (κ2) is 9.40. The Balaban J connectivity index is 1.27. The summed E-state index contributed by atoms with van der Waals surface area (Å²) in [7, 11) is 0. The summed E-state index contributed by atoms with van der Waals surface area (Å²) in [5.74, 6) is 3.28. The minimum atomic E-state index is -0.667. The van der Waals surface area contributed by atoms with Crippen molar-refractivity contribution in [2.45, 2.75) is 5.41 Å². The summed E-state index contributed by atoms with van der Waals surface area (Å²) in [4.78, 5) is 9.18. The molecule has 5 nitrogen and oxygen atoms in total. The Morgan fingerprint density at radius 3 is 1.93 bits per heavy atom. The fourth-order valence-corrected chi connectivity index (χ4v) is 7.57. The van der Waals surface area contributed by atoms with Crippen molar-refractivity contribution in [1.29, 1.82) is 0 Å². The molecule has 1 atom stereocenters. The molecule has 5 heterocycles. The van der Waals surface area contributed by atoms with E-state index in [9.17, 15) is 0 Å². The summed E-state index contributed by atoms with van der Waals surface area (Å²) >= 11 is 0. The molecule has 46 heavy (non-hydrogen) atoms. The lowest BCUT2D eigenvalue weighted by atomic mass is 9.62. The van der Waals surface area contributed by atoms with Crippen molar-refractivity contribution >= 4 is 21.9 Å². The minimum Gasteiger partial charge on any atom is -0.457 e. The average Bonchev–Trinajstić information content (AvgIpc) is 3.46. The van der Waals surface area contributed by atoms with E-state index in [1.165, 1.54) is 5.39 Å². The van der Waals surface area contributed by atoms with Crippen LogP contribution in [0.1, 0.15) is 22.3 Å². The third kappa shape index (κ3) is 3.34. The van der Waals surface area contributed by atoms with E-state index >= 15 is 0 Å². The highest BCUT2D eigenvalue weighted by atomic mass is 16.5. The van der Waals surface area contributed by atoms with Gasteiger partial charge in [0, 0.05) is 63.2 Å². The van der Waals surface area contributed by atoms with E-state index in [4.69, 9.17) is 14.5 Å². The standard InChI is InChI=1S/C41H25N3O2/c1-4-14-35-29(10-1)30-11-8-22-43-40(30)44(35)28-18-20-34-39(24-28)46-37-16-6-3-13-32(37)41(34)31-12-2-5-15-36(31)45-38-23-26(17-19-33(38)41)27-9-7-21-42-25-27/h1-25H. The van der Waals surface area contributed by atoms with E-state index in [0.717, 1.165) is 78.6 Å². The number of pyridine rings is 2. The van der Waals surface area contributed by atoms with Gasteiger partial charge in [0.05, 0.1) is 16.6 Å². The van der Waals surface area contributed by atoms with Crippen LogP contribution in [-0.4, -0.2) is 14.5 Å². The average molecular weight is 592 g/mol. The number of para-hydroxylation sites is 3. The molecule has 2 aliphatic heterocycles. The van der Waals surface area contributed by atoms with Crippen LogP contribution in [0, 0.1) is 0 Å². The Morgan fingerprint density at radius 1 is 0.500 bits per heavy atom. The van der Waals surface area contributed by atoms with Crippen LogP contribution >= 0.6 is 0 Å². The second-order valence-corrected chi connectivity index (χ2v) is 11.8. The molecule has 3 aromatic heterocycles. The number of nitrogens with zero attached hydrogens (tertiary/aromatic N) is 3. The molecule has 0 radical (unpaired) electrons. The number of benzene rings is 5. The van der Waals surface area contributed by atoms with Crippen LogP contribution in [0.15, 0.2) is 152 Å². The lowest BCUT2D eigenvalue weighted by Gasteiger charge is -2.45. The molecule has 10 rings (SSSR count). The zero-order valence-corrected chi connectivity index (χ0v) is 24.6. The first-order valence-corrected chi connectivity index (χ1v) is 15.4. The van der Waals surface area contributed by atoms with Gasteiger partial charge in [-0.2, -0.15) is 0 Å². The van der Waals surface area contributed by atoms with E-state index in [0.29, 0.717) is 0 Å². The highest BCUT2D eigenvalue weighted by Gasteiger charge is 2.50. The number of rotatable bonds is 2. The molecular formula is C41H25N3O2. The zero-order valence-electron chi connectivity index (χ0n) is 24.6. The Kier molecular flexibility index (Phi) is 5.14. The van der Waals surface area contributed by atoms with Crippen molar-refractivity contribution in [1.82, 2.24) is 14.5 Å². The van der Waals surface area contributed by atoms with E-state index in [2.05, 4.69) is 119 Å². The minimum absolute atomic E-state index is 0.667. The van der Waals surface area contributed by atoms with Gasteiger partial charge in [0.25, 0.3) is 0 Å². The van der Waals surface area contributed by atoms with Gasteiger partial charge < -0.3 is 9.47 Å². The fraction of sp³-hybridized carbons (Fsp3) is 0.0244. The second-order valence-electron chi connectivity index (χ2n) is 11.8. The molecule has 0 saturated carbocycles. The molecule has 0 saturated heterocycles. The molecule has 0 N–H and O–H groups in total. The Hall–Kier alpha value is -6.20. The van der Waals surface area contributed by atoms with Crippen molar-refractivity contribution in [2.24, 2.45) is 0 Å². The molecular weight excluding hydrogens is 566 g/mol. The summed E-state index contributed by atoms with van der Waals surface area (Å²) in [6.07, 6.45) is 5.54. The zero-order chi connectivity index (χ0) is 30.2. The quantitative estimate of drug-likeness (QED) is 0.201. The number of hydrogen-bond acceptors (Lipinski definition) is 4. The van der Waals surface area contributed by atoms with Crippen LogP contribution in [0.25, 0.3) is 38.8 Å². The fourth-order valence-electron chi connectivity index (χ4n) is 7.57. The van der Waals surface area contributed by atoms with Crippen LogP contribution in [-0.2, 0) is 5.41 Å². The Bertz CT molecular complexity index is 2430. The highest BCUT2D eigenvalue weighted by molar-refractivity contribution is 6.07. The molecule has 1 unspecified atom stereocenters. The van der Waals surface area contributed by atoms with Gasteiger partial charge in [0.2, 0.25) is 0 Å². The first kappa shape index (κ1) is 25.2. The van der Waals surface area contributed by atoms with Crippen LogP contribution < -0.4 is 9.47 Å². The maximum atomic E-state index is 6.81. The summed E-state index contributed by atoms with van der Waals surface area (Å²) < 4.78 is 15.7. The summed E-state index contributed by atoms with van der Waals surface area (Å²) in [5, 5.41) is 2.29. The molecule has 216 valence electrons. The molecule has 5 heteroatoms. The lowest BCUT2D eigenvalue weighted by Crippen LogP contribution is -2.36. The van der Waals surface area contributed by atoms with Crippen molar-refractivity contribution in [3.05, 3.63) is 174 Å². The number of hydrogen-bond donors (Lipinski definition) is 0. The number of fused-ring (bicyclic) bond motifs is 11. The van der Waals surface area contributed by atoms with Gasteiger partial charge in [-0.25, -0.2) is 4.98 Å². The molecule has 2 aliphatic rings.